The number of aliphatic hydroxyl groups excluding tert-OH is 1. The maximum absolute atomic E-state index is 9.46. The van der Waals surface area contributed by atoms with E-state index in [0.717, 1.165) is 13.1 Å². The van der Waals surface area contributed by atoms with Crippen molar-refractivity contribution in [3.8, 4) is 0 Å². The fraction of sp³-hybridized carbons (Fsp3) is 0.333. The molecule has 1 N–H and O–H groups in total. The molecule has 1 aromatic carbocycles. The van der Waals surface area contributed by atoms with Gasteiger partial charge in [0.25, 0.3) is 0 Å². The predicted molar refractivity (Wildman–Crippen MR) is 62.1 cm³/mol. The molecule has 0 spiro atoms. The standard InChI is InChI=1S/C12H14ClNO/c13-11-6-12(15)9-14(8-11)7-10-4-2-1-3-5-10/h1-6,11,15H,7-9H2. The van der Waals surface area contributed by atoms with Gasteiger partial charge in [-0.25, -0.2) is 0 Å². The van der Waals surface area contributed by atoms with Crippen LogP contribution in [0.25, 0.3) is 0 Å². The molecule has 0 aliphatic carbocycles. The molecule has 1 aliphatic heterocycles. The van der Waals surface area contributed by atoms with Crippen molar-refractivity contribution in [2.45, 2.75) is 11.9 Å². The molecule has 2 rings (SSSR count). The first-order valence-electron chi connectivity index (χ1n) is 5.04. The topological polar surface area (TPSA) is 23.5 Å². The average molecular weight is 224 g/mol. The van der Waals surface area contributed by atoms with Crippen LogP contribution in [-0.2, 0) is 6.54 Å². The highest BCUT2D eigenvalue weighted by Gasteiger charge is 2.17. The molecule has 0 amide bonds. The van der Waals surface area contributed by atoms with E-state index < -0.39 is 0 Å². The van der Waals surface area contributed by atoms with Crippen LogP contribution in [0.1, 0.15) is 5.56 Å². The van der Waals surface area contributed by atoms with E-state index >= 15 is 0 Å². The molecule has 1 heterocycles. The first-order chi connectivity index (χ1) is 7.24. The van der Waals surface area contributed by atoms with Crippen LogP contribution in [-0.4, -0.2) is 28.5 Å². The van der Waals surface area contributed by atoms with Crippen LogP contribution >= 0.6 is 11.6 Å². The highest BCUT2D eigenvalue weighted by molar-refractivity contribution is 6.22. The van der Waals surface area contributed by atoms with E-state index in [0.29, 0.717) is 12.3 Å². The Hall–Kier alpha value is -0.990. The molecular formula is C12H14ClNO. The summed E-state index contributed by atoms with van der Waals surface area (Å²) in [5.74, 6) is 0.372. The average Bonchev–Trinajstić information content (AvgIpc) is 2.17. The van der Waals surface area contributed by atoms with Gasteiger partial charge in [-0.15, -0.1) is 11.6 Å². The minimum absolute atomic E-state index is 0.0811. The van der Waals surface area contributed by atoms with Gasteiger partial charge in [-0.2, -0.15) is 0 Å². The molecule has 0 aromatic heterocycles. The molecule has 0 saturated heterocycles. The Balaban J connectivity index is 1.99. The molecule has 1 unspecified atom stereocenters. The number of aliphatic hydroxyl groups is 1. The quantitative estimate of drug-likeness (QED) is 0.779. The van der Waals surface area contributed by atoms with Crippen molar-refractivity contribution >= 4 is 11.6 Å². The second kappa shape index (κ2) is 4.69. The molecule has 15 heavy (non-hydrogen) atoms. The predicted octanol–water partition coefficient (Wildman–Crippen LogP) is 2.55. The fourth-order valence-corrected chi connectivity index (χ4v) is 2.16. The number of nitrogens with zero attached hydrogens (tertiary/aromatic N) is 1. The molecule has 1 atom stereocenters. The van der Waals surface area contributed by atoms with Crippen LogP contribution in [0.4, 0.5) is 0 Å². The molecule has 0 bridgehead atoms. The zero-order valence-corrected chi connectivity index (χ0v) is 9.19. The molecular weight excluding hydrogens is 210 g/mol. The molecule has 3 heteroatoms. The van der Waals surface area contributed by atoms with Crippen molar-refractivity contribution < 1.29 is 5.11 Å². The summed E-state index contributed by atoms with van der Waals surface area (Å²) in [5.41, 5.74) is 1.25. The van der Waals surface area contributed by atoms with Gasteiger partial charge in [0.2, 0.25) is 0 Å². The van der Waals surface area contributed by atoms with E-state index in [1.165, 1.54) is 5.56 Å². The first-order valence-corrected chi connectivity index (χ1v) is 5.47. The van der Waals surface area contributed by atoms with Gasteiger partial charge in [-0.05, 0) is 11.6 Å². The summed E-state index contributed by atoms with van der Waals surface area (Å²) in [6.45, 7) is 2.22. The Morgan fingerprint density at radius 2 is 2.07 bits per heavy atom. The molecule has 0 radical (unpaired) electrons. The Bertz CT molecular complexity index is 350. The summed E-state index contributed by atoms with van der Waals surface area (Å²) < 4.78 is 0. The Morgan fingerprint density at radius 3 is 2.73 bits per heavy atom. The second-order valence-corrected chi connectivity index (χ2v) is 4.39. The van der Waals surface area contributed by atoms with Crippen LogP contribution in [0.2, 0.25) is 0 Å². The smallest absolute Gasteiger partial charge is 0.104 e. The minimum atomic E-state index is -0.0811. The fourth-order valence-electron chi connectivity index (χ4n) is 1.82. The lowest BCUT2D eigenvalue weighted by Gasteiger charge is -2.27. The molecule has 1 aliphatic rings. The lowest BCUT2D eigenvalue weighted by atomic mass is 10.1. The summed E-state index contributed by atoms with van der Waals surface area (Å²) in [6.07, 6.45) is 1.71. The summed E-state index contributed by atoms with van der Waals surface area (Å²) in [7, 11) is 0. The van der Waals surface area contributed by atoms with Crippen molar-refractivity contribution in [1.29, 1.82) is 0 Å². The van der Waals surface area contributed by atoms with Gasteiger partial charge in [0, 0.05) is 13.1 Å². The highest BCUT2D eigenvalue weighted by atomic mass is 35.5. The van der Waals surface area contributed by atoms with E-state index in [1.807, 2.05) is 18.2 Å². The van der Waals surface area contributed by atoms with Gasteiger partial charge >= 0.3 is 0 Å². The zero-order valence-electron chi connectivity index (χ0n) is 8.44. The van der Waals surface area contributed by atoms with Crippen molar-refractivity contribution in [3.63, 3.8) is 0 Å². The molecule has 0 saturated carbocycles. The summed E-state index contributed by atoms with van der Waals surface area (Å²) in [4.78, 5) is 2.14. The molecule has 80 valence electrons. The second-order valence-electron chi connectivity index (χ2n) is 3.83. The monoisotopic (exact) mass is 223 g/mol. The van der Waals surface area contributed by atoms with Gasteiger partial charge in [0.15, 0.2) is 0 Å². The van der Waals surface area contributed by atoms with Crippen LogP contribution in [0.15, 0.2) is 42.2 Å². The number of benzene rings is 1. The number of alkyl halides is 1. The van der Waals surface area contributed by atoms with Crippen molar-refractivity contribution in [2.75, 3.05) is 13.1 Å². The molecule has 1 aromatic rings. The van der Waals surface area contributed by atoms with E-state index in [4.69, 9.17) is 11.6 Å². The van der Waals surface area contributed by atoms with Gasteiger partial charge in [-0.3, -0.25) is 4.90 Å². The van der Waals surface area contributed by atoms with E-state index in [-0.39, 0.29) is 5.38 Å². The van der Waals surface area contributed by atoms with Crippen LogP contribution in [0, 0.1) is 0 Å². The number of rotatable bonds is 2. The van der Waals surface area contributed by atoms with E-state index in [9.17, 15) is 5.11 Å². The summed E-state index contributed by atoms with van der Waals surface area (Å²) in [5, 5.41) is 9.38. The third-order valence-corrected chi connectivity index (χ3v) is 2.70. The minimum Gasteiger partial charge on any atom is -0.511 e. The normalized spacial score (nSPS) is 22.5. The number of hydrogen-bond acceptors (Lipinski definition) is 2. The lowest BCUT2D eigenvalue weighted by Crippen LogP contribution is -2.34. The summed E-state index contributed by atoms with van der Waals surface area (Å²) >= 11 is 5.99. The van der Waals surface area contributed by atoms with Gasteiger partial charge < -0.3 is 5.11 Å². The molecule has 2 nitrogen and oxygen atoms in total. The van der Waals surface area contributed by atoms with Crippen molar-refractivity contribution in [1.82, 2.24) is 4.90 Å². The highest BCUT2D eigenvalue weighted by Crippen LogP contribution is 2.15. The van der Waals surface area contributed by atoms with Gasteiger partial charge in [0.1, 0.15) is 5.76 Å². The lowest BCUT2D eigenvalue weighted by molar-refractivity contribution is 0.230. The van der Waals surface area contributed by atoms with Crippen molar-refractivity contribution in [2.24, 2.45) is 0 Å². The van der Waals surface area contributed by atoms with Crippen LogP contribution in [0.3, 0.4) is 0 Å². The zero-order chi connectivity index (χ0) is 10.7. The largest absolute Gasteiger partial charge is 0.511 e. The van der Waals surface area contributed by atoms with Crippen molar-refractivity contribution in [3.05, 3.63) is 47.7 Å². The van der Waals surface area contributed by atoms with Crippen LogP contribution in [0.5, 0.6) is 0 Å². The molecule has 0 fully saturated rings. The third kappa shape index (κ3) is 2.98. The number of hydrogen-bond donors (Lipinski definition) is 1. The number of halogens is 1. The van der Waals surface area contributed by atoms with Gasteiger partial charge in [0.05, 0.1) is 11.9 Å². The maximum Gasteiger partial charge on any atom is 0.104 e. The van der Waals surface area contributed by atoms with E-state index in [1.54, 1.807) is 6.08 Å². The van der Waals surface area contributed by atoms with Gasteiger partial charge in [-0.1, -0.05) is 30.3 Å². The first kappa shape index (κ1) is 10.5. The summed E-state index contributed by atoms with van der Waals surface area (Å²) in [6, 6.07) is 10.2. The Morgan fingerprint density at radius 1 is 1.33 bits per heavy atom. The van der Waals surface area contributed by atoms with Crippen LogP contribution < -0.4 is 0 Å². The Kier molecular flexibility index (Phi) is 3.29. The maximum atomic E-state index is 9.46. The third-order valence-electron chi connectivity index (χ3n) is 2.44. The Labute approximate surface area is 94.8 Å². The van der Waals surface area contributed by atoms with E-state index in [2.05, 4.69) is 17.0 Å². The SMILES string of the molecule is OC1=CC(Cl)CN(Cc2ccccc2)C1.